The SMILES string of the molecule is CC[C@@H](c1ccccn1)n1cc(-c2ccc(C(=O)O)cc2)c2ncc(-c3c(C)noc3C)cc21. The number of carboxylic acids is 1. The third-order valence-electron chi connectivity index (χ3n) is 6.19. The van der Waals surface area contributed by atoms with Gasteiger partial charge in [0.2, 0.25) is 0 Å². The molecule has 4 aromatic heterocycles. The third kappa shape index (κ3) is 3.65. The quantitative estimate of drug-likeness (QED) is 0.336. The molecule has 0 amide bonds. The van der Waals surface area contributed by atoms with Crippen LogP contribution in [0.15, 0.2) is 71.6 Å². The summed E-state index contributed by atoms with van der Waals surface area (Å²) in [5, 5.41) is 13.4. The Balaban J connectivity index is 1.74. The van der Waals surface area contributed by atoms with Crippen molar-refractivity contribution in [1.82, 2.24) is 19.7 Å². The number of aromatic carboxylic acids is 1. The van der Waals surface area contributed by atoms with Gasteiger partial charge in [0.05, 0.1) is 34.0 Å². The minimum atomic E-state index is -0.947. The fraction of sp³-hybridized carbons (Fsp3) is 0.185. The average Bonchev–Trinajstić information content (AvgIpc) is 3.39. The van der Waals surface area contributed by atoms with Gasteiger partial charge in [-0.25, -0.2) is 4.79 Å². The van der Waals surface area contributed by atoms with E-state index >= 15 is 0 Å². The number of rotatable bonds is 6. The van der Waals surface area contributed by atoms with Crippen molar-refractivity contribution in [2.24, 2.45) is 0 Å². The van der Waals surface area contributed by atoms with Crippen LogP contribution in [0.1, 0.15) is 46.9 Å². The number of fused-ring (bicyclic) bond motifs is 1. The van der Waals surface area contributed by atoms with Gasteiger partial charge in [0, 0.05) is 35.3 Å². The molecule has 7 heteroatoms. The Hall–Kier alpha value is -4.26. The molecule has 0 unspecified atom stereocenters. The molecule has 5 aromatic rings. The molecule has 7 nitrogen and oxygen atoms in total. The van der Waals surface area contributed by atoms with Crippen LogP contribution in [0, 0.1) is 13.8 Å². The lowest BCUT2D eigenvalue weighted by Crippen LogP contribution is -2.10. The van der Waals surface area contributed by atoms with Crippen LogP contribution < -0.4 is 0 Å². The lowest BCUT2D eigenvalue weighted by atomic mass is 10.0. The molecule has 0 fully saturated rings. The van der Waals surface area contributed by atoms with Gasteiger partial charge in [0.25, 0.3) is 0 Å². The van der Waals surface area contributed by atoms with E-state index in [0.717, 1.165) is 56.9 Å². The molecule has 5 rings (SSSR count). The van der Waals surface area contributed by atoms with Crippen LogP contribution >= 0.6 is 0 Å². The highest BCUT2D eigenvalue weighted by Crippen LogP contribution is 2.37. The Morgan fingerprint density at radius 2 is 1.88 bits per heavy atom. The summed E-state index contributed by atoms with van der Waals surface area (Å²) in [4.78, 5) is 20.8. The van der Waals surface area contributed by atoms with E-state index in [9.17, 15) is 9.90 Å². The number of carboxylic acid groups (broad SMARTS) is 1. The van der Waals surface area contributed by atoms with E-state index in [1.807, 2.05) is 56.6 Å². The van der Waals surface area contributed by atoms with Gasteiger partial charge in [-0.3, -0.25) is 9.97 Å². The zero-order valence-electron chi connectivity index (χ0n) is 19.2. The van der Waals surface area contributed by atoms with Gasteiger partial charge in [-0.1, -0.05) is 30.3 Å². The maximum Gasteiger partial charge on any atom is 0.335 e. The van der Waals surface area contributed by atoms with E-state index < -0.39 is 5.97 Å². The summed E-state index contributed by atoms with van der Waals surface area (Å²) >= 11 is 0. The van der Waals surface area contributed by atoms with E-state index in [0.29, 0.717) is 0 Å². The van der Waals surface area contributed by atoms with Crippen molar-refractivity contribution in [3.05, 3.63) is 89.8 Å². The highest BCUT2D eigenvalue weighted by molar-refractivity contribution is 5.96. The van der Waals surface area contributed by atoms with Gasteiger partial charge in [0.15, 0.2) is 0 Å². The Kier molecular flexibility index (Phi) is 5.45. The monoisotopic (exact) mass is 452 g/mol. The zero-order chi connectivity index (χ0) is 23.8. The van der Waals surface area contributed by atoms with Crippen LogP contribution in [0.25, 0.3) is 33.3 Å². The number of carbonyl (C=O) groups is 1. The first-order valence-corrected chi connectivity index (χ1v) is 11.2. The summed E-state index contributed by atoms with van der Waals surface area (Å²) in [5.74, 6) is -0.199. The van der Waals surface area contributed by atoms with Crippen LogP contribution in [-0.4, -0.2) is 30.8 Å². The number of hydrogen-bond acceptors (Lipinski definition) is 5. The highest BCUT2D eigenvalue weighted by atomic mass is 16.5. The van der Waals surface area contributed by atoms with E-state index in [4.69, 9.17) is 9.51 Å². The molecule has 0 aliphatic heterocycles. The molecule has 1 N–H and O–H groups in total. The molecule has 0 saturated carbocycles. The van der Waals surface area contributed by atoms with Crippen molar-refractivity contribution in [2.75, 3.05) is 0 Å². The van der Waals surface area contributed by atoms with Crippen LogP contribution in [0.4, 0.5) is 0 Å². The molecule has 34 heavy (non-hydrogen) atoms. The van der Waals surface area contributed by atoms with E-state index in [1.54, 1.807) is 12.1 Å². The Labute approximate surface area is 196 Å². The molecule has 0 aliphatic rings. The molecule has 1 atom stereocenters. The first-order valence-electron chi connectivity index (χ1n) is 11.2. The van der Waals surface area contributed by atoms with Crippen molar-refractivity contribution < 1.29 is 14.4 Å². The second kappa shape index (κ2) is 8.59. The Bertz CT molecular complexity index is 1460. The van der Waals surface area contributed by atoms with Crippen molar-refractivity contribution in [3.63, 3.8) is 0 Å². The summed E-state index contributed by atoms with van der Waals surface area (Å²) in [6.07, 6.45) is 6.58. The van der Waals surface area contributed by atoms with Crippen LogP contribution in [-0.2, 0) is 0 Å². The van der Waals surface area contributed by atoms with E-state index in [-0.39, 0.29) is 11.6 Å². The fourth-order valence-electron chi connectivity index (χ4n) is 4.54. The topological polar surface area (TPSA) is 94.0 Å². The summed E-state index contributed by atoms with van der Waals surface area (Å²) in [7, 11) is 0. The van der Waals surface area contributed by atoms with Gasteiger partial charge >= 0.3 is 5.97 Å². The molecule has 0 saturated heterocycles. The summed E-state index contributed by atoms with van der Waals surface area (Å²) in [6, 6.07) is 15.0. The van der Waals surface area contributed by atoms with E-state index in [2.05, 4.69) is 33.9 Å². The molecule has 1 aromatic carbocycles. The number of pyridine rings is 2. The maximum atomic E-state index is 11.3. The number of hydrogen-bond donors (Lipinski definition) is 1. The predicted molar refractivity (Wildman–Crippen MR) is 130 cm³/mol. The third-order valence-corrected chi connectivity index (χ3v) is 6.19. The molecule has 0 aliphatic carbocycles. The molecule has 0 spiro atoms. The largest absolute Gasteiger partial charge is 0.478 e. The fourth-order valence-corrected chi connectivity index (χ4v) is 4.54. The minimum absolute atomic E-state index is 0.0115. The summed E-state index contributed by atoms with van der Waals surface area (Å²) < 4.78 is 7.61. The number of nitrogens with zero attached hydrogens (tertiary/aromatic N) is 4. The number of benzene rings is 1. The Morgan fingerprint density at radius 3 is 2.50 bits per heavy atom. The lowest BCUT2D eigenvalue weighted by molar-refractivity contribution is 0.0697. The van der Waals surface area contributed by atoms with Gasteiger partial charge in [0.1, 0.15) is 5.76 Å². The van der Waals surface area contributed by atoms with Crippen molar-refractivity contribution in [2.45, 2.75) is 33.2 Å². The van der Waals surface area contributed by atoms with Gasteiger partial charge in [-0.2, -0.15) is 0 Å². The van der Waals surface area contributed by atoms with Crippen LogP contribution in [0.5, 0.6) is 0 Å². The molecule has 170 valence electrons. The van der Waals surface area contributed by atoms with Gasteiger partial charge in [-0.15, -0.1) is 0 Å². The highest BCUT2D eigenvalue weighted by Gasteiger charge is 2.21. The van der Waals surface area contributed by atoms with Crippen molar-refractivity contribution in [1.29, 1.82) is 0 Å². The second-order valence-corrected chi connectivity index (χ2v) is 8.30. The minimum Gasteiger partial charge on any atom is -0.478 e. The van der Waals surface area contributed by atoms with E-state index in [1.165, 1.54) is 0 Å². The lowest BCUT2D eigenvalue weighted by Gasteiger charge is -2.18. The summed E-state index contributed by atoms with van der Waals surface area (Å²) in [6.45, 7) is 5.96. The number of aryl methyl sites for hydroxylation is 2. The molecular weight excluding hydrogens is 428 g/mol. The zero-order valence-corrected chi connectivity index (χ0v) is 19.2. The molecule has 0 radical (unpaired) electrons. The first kappa shape index (κ1) is 21.6. The van der Waals surface area contributed by atoms with Gasteiger partial charge in [-0.05, 0) is 56.2 Å². The summed E-state index contributed by atoms with van der Waals surface area (Å²) in [5.41, 5.74) is 7.57. The first-order chi connectivity index (χ1) is 16.5. The smallest absolute Gasteiger partial charge is 0.335 e. The predicted octanol–water partition coefficient (Wildman–Crippen LogP) is 6.07. The normalized spacial score (nSPS) is 12.2. The number of aromatic nitrogens is 4. The molecule has 0 bridgehead atoms. The van der Waals surface area contributed by atoms with Crippen LogP contribution in [0.2, 0.25) is 0 Å². The Morgan fingerprint density at radius 1 is 1.09 bits per heavy atom. The van der Waals surface area contributed by atoms with Crippen LogP contribution in [0.3, 0.4) is 0 Å². The van der Waals surface area contributed by atoms with Crippen molar-refractivity contribution in [3.8, 4) is 22.3 Å². The van der Waals surface area contributed by atoms with Crippen molar-refractivity contribution >= 4 is 17.0 Å². The standard InChI is InChI=1S/C27H24N4O3/c1-4-23(22-7-5-6-12-28-22)31-15-21(18-8-10-19(11-9-18)27(32)33)26-24(31)13-20(14-29-26)25-16(2)30-34-17(25)3/h5-15,23H,4H2,1-3H3,(H,32,33)/t23-/m0/s1. The second-order valence-electron chi connectivity index (χ2n) is 8.30. The van der Waals surface area contributed by atoms with Gasteiger partial charge < -0.3 is 14.2 Å². The molecule has 4 heterocycles. The molecular formula is C27H24N4O3. The average molecular weight is 453 g/mol. The maximum absolute atomic E-state index is 11.3.